The Bertz CT molecular complexity index is 597. The van der Waals surface area contributed by atoms with Crippen molar-refractivity contribution in [3.05, 3.63) is 18.0 Å². The van der Waals surface area contributed by atoms with Crippen LogP contribution in [-0.4, -0.2) is 79.7 Å². The van der Waals surface area contributed by atoms with Crippen LogP contribution in [0.4, 0.5) is 0 Å². The van der Waals surface area contributed by atoms with E-state index in [1.54, 1.807) is 29.2 Å². The highest BCUT2D eigenvalue weighted by Crippen LogP contribution is 2.13. The highest BCUT2D eigenvalue weighted by molar-refractivity contribution is 7.99. The highest BCUT2D eigenvalue weighted by Gasteiger charge is 2.23. The minimum Gasteiger partial charge on any atom is -0.364 e. The van der Waals surface area contributed by atoms with Gasteiger partial charge in [-0.25, -0.2) is 12.7 Å². The van der Waals surface area contributed by atoms with Crippen molar-refractivity contribution < 1.29 is 12.9 Å². The molecule has 10 heteroatoms. The normalized spacial score (nSPS) is 17.2. The van der Waals surface area contributed by atoms with E-state index in [0.29, 0.717) is 32.1 Å². The molecule has 1 aliphatic rings. The fourth-order valence-electron chi connectivity index (χ4n) is 2.27. The van der Waals surface area contributed by atoms with Gasteiger partial charge in [0.25, 0.3) is 0 Å². The number of aromatic nitrogens is 1. The summed E-state index contributed by atoms with van der Waals surface area (Å²) in [5, 5.41) is 6.93. The number of sulfonamides is 1. The number of nitrogens with one attached hydrogen (secondary N) is 1. The number of guanidine groups is 1. The van der Waals surface area contributed by atoms with Crippen molar-refractivity contribution >= 4 is 27.7 Å². The van der Waals surface area contributed by atoms with Crippen LogP contribution in [0.1, 0.15) is 5.69 Å². The molecule has 0 aromatic carbocycles. The topological polar surface area (TPSA) is 91.0 Å². The summed E-state index contributed by atoms with van der Waals surface area (Å²) in [6.45, 7) is 2.07. The lowest BCUT2D eigenvalue weighted by Crippen LogP contribution is -2.44. The molecule has 8 nitrogen and oxygen atoms in total. The third kappa shape index (κ3) is 5.40. The number of thioether (sulfide) groups is 1. The molecule has 0 atom stereocenters. The smallest absolute Gasteiger partial charge is 0.215 e. The molecule has 130 valence electrons. The minimum absolute atomic E-state index is 0.0640. The van der Waals surface area contributed by atoms with Gasteiger partial charge in [0.05, 0.1) is 12.3 Å². The molecule has 0 spiro atoms. The van der Waals surface area contributed by atoms with Gasteiger partial charge in [-0.15, -0.1) is 0 Å². The van der Waals surface area contributed by atoms with Gasteiger partial charge >= 0.3 is 0 Å². The van der Waals surface area contributed by atoms with E-state index in [1.165, 1.54) is 6.26 Å². The molecule has 0 radical (unpaired) electrons. The quantitative estimate of drug-likeness (QED) is 0.566. The van der Waals surface area contributed by atoms with Gasteiger partial charge < -0.3 is 14.7 Å². The predicted molar refractivity (Wildman–Crippen MR) is 92.0 cm³/mol. The number of nitrogens with zero attached hydrogens (tertiary/aromatic N) is 4. The van der Waals surface area contributed by atoms with Gasteiger partial charge in [-0.2, -0.15) is 11.8 Å². The SMILES string of the molecule is CN=C(NCCS(=O)(=O)N1CCSCC1)N(C)Cc1ccon1. The summed E-state index contributed by atoms with van der Waals surface area (Å²) < 4.78 is 30.9. The van der Waals surface area contributed by atoms with E-state index in [1.807, 2.05) is 11.9 Å². The molecule has 1 saturated heterocycles. The third-order valence-corrected chi connectivity index (χ3v) is 6.28. The van der Waals surface area contributed by atoms with E-state index in [4.69, 9.17) is 4.52 Å². The summed E-state index contributed by atoms with van der Waals surface area (Å²) in [6, 6.07) is 1.78. The van der Waals surface area contributed by atoms with Crippen molar-refractivity contribution in [1.29, 1.82) is 0 Å². The van der Waals surface area contributed by atoms with Crippen LogP contribution in [0.3, 0.4) is 0 Å². The molecule has 23 heavy (non-hydrogen) atoms. The van der Waals surface area contributed by atoms with Gasteiger partial charge in [0.2, 0.25) is 10.0 Å². The molecule has 0 aliphatic carbocycles. The maximum absolute atomic E-state index is 12.3. The van der Waals surface area contributed by atoms with Gasteiger partial charge in [0, 0.05) is 51.3 Å². The molecular weight excluding hydrogens is 338 g/mol. The van der Waals surface area contributed by atoms with Crippen molar-refractivity contribution in [2.45, 2.75) is 6.54 Å². The monoisotopic (exact) mass is 361 g/mol. The lowest BCUT2D eigenvalue weighted by molar-refractivity contribution is 0.391. The Morgan fingerprint density at radius 2 is 2.26 bits per heavy atom. The Hall–Kier alpha value is -1.26. The Labute approximate surface area is 141 Å². The van der Waals surface area contributed by atoms with Gasteiger partial charge in [-0.05, 0) is 0 Å². The number of hydrogen-bond acceptors (Lipinski definition) is 6. The molecule has 2 rings (SSSR count). The zero-order valence-corrected chi connectivity index (χ0v) is 15.1. The van der Waals surface area contributed by atoms with Gasteiger partial charge in [0.15, 0.2) is 5.96 Å². The third-order valence-electron chi connectivity index (χ3n) is 3.47. The molecule has 1 N–H and O–H groups in total. The van der Waals surface area contributed by atoms with Gasteiger partial charge in [-0.1, -0.05) is 5.16 Å². The van der Waals surface area contributed by atoms with Crippen LogP contribution in [-0.2, 0) is 16.6 Å². The van der Waals surface area contributed by atoms with Crippen LogP contribution in [0.2, 0.25) is 0 Å². The maximum Gasteiger partial charge on any atom is 0.215 e. The van der Waals surface area contributed by atoms with E-state index >= 15 is 0 Å². The van der Waals surface area contributed by atoms with Crippen LogP contribution in [0, 0.1) is 0 Å². The van der Waals surface area contributed by atoms with Crippen molar-refractivity contribution in [3.63, 3.8) is 0 Å². The average molecular weight is 361 g/mol. The highest BCUT2D eigenvalue weighted by atomic mass is 32.2. The Morgan fingerprint density at radius 1 is 1.52 bits per heavy atom. The van der Waals surface area contributed by atoms with E-state index in [2.05, 4.69) is 15.5 Å². The van der Waals surface area contributed by atoms with Crippen LogP contribution in [0.25, 0.3) is 0 Å². The first-order chi connectivity index (χ1) is 11.0. The molecular formula is C13H23N5O3S2. The minimum atomic E-state index is -3.21. The summed E-state index contributed by atoms with van der Waals surface area (Å²) in [5.41, 5.74) is 0.786. The van der Waals surface area contributed by atoms with Crippen LogP contribution >= 0.6 is 11.8 Å². The zero-order valence-electron chi connectivity index (χ0n) is 13.4. The van der Waals surface area contributed by atoms with Gasteiger partial charge in [-0.3, -0.25) is 4.99 Å². The molecule has 0 bridgehead atoms. The van der Waals surface area contributed by atoms with Crippen LogP contribution < -0.4 is 5.32 Å². The summed E-state index contributed by atoms with van der Waals surface area (Å²) in [5.74, 6) is 2.43. The summed E-state index contributed by atoms with van der Waals surface area (Å²) in [7, 11) is 0.320. The van der Waals surface area contributed by atoms with E-state index < -0.39 is 10.0 Å². The lowest BCUT2D eigenvalue weighted by atomic mass is 10.4. The van der Waals surface area contributed by atoms with Crippen LogP contribution in [0.15, 0.2) is 21.8 Å². The summed E-state index contributed by atoms with van der Waals surface area (Å²) in [6.07, 6.45) is 1.52. The summed E-state index contributed by atoms with van der Waals surface area (Å²) >= 11 is 1.79. The molecule has 2 heterocycles. The lowest BCUT2D eigenvalue weighted by Gasteiger charge is -2.26. The van der Waals surface area contributed by atoms with Crippen molar-refractivity contribution in [2.75, 3.05) is 51.0 Å². The largest absolute Gasteiger partial charge is 0.364 e. The molecule has 0 unspecified atom stereocenters. The van der Waals surface area contributed by atoms with Crippen LogP contribution in [0.5, 0.6) is 0 Å². The first kappa shape index (κ1) is 18.1. The van der Waals surface area contributed by atoms with Gasteiger partial charge in [0.1, 0.15) is 12.0 Å². The molecule has 1 aliphatic heterocycles. The Morgan fingerprint density at radius 3 is 2.87 bits per heavy atom. The second kappa shape index (κ2) is 8.55. The fourth-order valence-corrected chi connectivity index (χ4v) is 4.76. The number of hydrogen-bond donors (Lipinski definition) is 1. The average Bonchev–Trinajstić information content (AvgIpc) is 3.05. The second-order valence-electron chi connectivity index (χ2n) is 5.15. The Kier molecular flexibility index (Phi) is 6.72. The van der Waals surface area contributed by atoms with E-state index in [9.17, 15) is 8.42 Å². The fraction of sp³-hybridized carbons (Fsp3) is 0.692. The number of rotatable bonds is 6. The molecule has 0 amide bonds. The zero-order chi connectivity index (χ0) is 16.7. The van der Waals surface area contributed by atoms with Crippen molar-refractivity contribution in [3.8, 4) is 0 Å². The second-order valence-corrected chi connectivity index (χ2v) is 8.46. The maximum atomic E-state index is 12.3. The predicted octanol–water partition coefficient (Wildman–Crippen LogP) is 0.0604. The standard InChI is InChI=1S/C13H23N5O3S2/c1-14-13(17(2)11-12-3-7-21-16-12)15-4-10-23(19,20)18-5-8-22-9-6-18/h3,7H,4-6,8-11H2,1-2H3,(H,14,15). The summed E-state index contributed by atoms with van der Waals surface area (Å²) in [4.78, 5) is 6.03. The van der Waals surface area contributed by atoms with E-state index in [-0.39, 0.29) is 5.75 Å². The number of aliphatic imine (C=N–C) groups is 1. The molecule has 1 aromatic rings. The van der Waals surface area contributed by atoms with Crippen molar-refractivity contribution in [2.24, 2.45) is 4.99 Å². The molecule has 0 saturated carbocycles. The Balaban J connectivity index is 1.81. The molecule has 1 fully saturated rings. The first-order valence-electron chi connectivity index (χ1n) is 7.39. The van der Waals surface area contributed by atoms with E-state index in [0.717, 1.165) is 17.2 Å². The van der Waals surface area contributed by atoms with Crippen molar-refractivity contribution in [1.82, 2.24) is 19.7 Å². The first-order valence-corrected chi connectivity index (χ1v) is 10.2. The molecule has 1 aromatic heterocycles.